The highest BCUT2D eigenvalue weighted by Gasteiger charge is 2.00. The van der Waals surface area contributed by atoms with Crippen LogP contribution in [-0.2, 0) is 0 Å². The molecule has 0 radical (unpaired) electrons. The lowest BCUT2D eigenvalue weighted by Crippen LogP contribution is -1.95. The molecule has 0 spiro atoms. The van der Waals surface area contributed by atoms with Crippen LogP contribution < -0.4 is 0 Å². The molecule has 13 heavy (non-hydrogen) atoms. The van der Waals surface area contributed by atoms with Gasteiger partial charge in [0.05, 0.1) is 6.61 Å². The average molecular weight is 182 g/mol. The van der Waals surface area contributed by atoms with Gasteiger partial charge in [0, 0.05) is 0 Å². The van der Waals surface area contributed by atoms with Gasteiger partial charge in [-0.2, -0.15) is 0 Å². The minimum Gasteiger partial charge on any atom is -0.392 e. The van der Waals surface area contributed by atoms with Crippen molar-refractivity contribution in [2.24, 2.45) is 5.92 Å². The van der Waals surface area contributed by atoms with Gasteiger partial charge >= 0.3 is 0 Å². The molecule has 0 rings (SSSR count). The van der Waals surface area contributed by atoms with Gasteiger partial charge in [-0.1, -0.05) is 37.1 Å². The molecule has 0 amide bonds. The SMILES string of the molecule is CC(C)=CCC/C(=C/CO)C(C)C. The fraction of sp³-hybridized carbons (Fsp3) is 0.667. The van der Waals surface area contributed by atoms with E-state index in [9.17, 15) is 0 Å². The Bertz CT molecular complexity index is 183. The van der Waals surface area contributed by atoms with Crippen molar-refractivity contribution in [2.45, 2.75) is 40.5 Å². The van der Waals surface area contributed by atoms with Crippen molar-refractivity contribution in [1.82, 2.24) is 0 Å². The van der Waals surface area contributed by atoms with Crippen LogP contribution in [0, 0.1) is 5.92 Å². The van der Waals surface area contributed by atoms with Gasteiger partial charge in [-0.25, -0.2) is 0 Å². The van der Waals surface area contributed by atoms with Crippen molar-refractivity contribution < 1.29 is 5.11 Å². The molecule has 0 aromatic heterocycles. The van der Waals surface area contributed by atoms with Gasteiger partial charge in [0.15, 0.2) is 0 Å². The van der Waals surface area contributed by atoms with Crippen LogP contribution in [0.5, 0.6) is 0 Å². The van der Waals surface area contributed by atoms with E-state index in [0.29, 0.717) is 5.92 Å². The van der Waals surface area contributed by atoms with E-state index in [0.717, 1.165) is 12.8 Å². The second-order valence-corrected chi connectivity index (χ2v) is 3.94. The number of hydrogen-bond acceptors (Lipinski definition) is 1. The van der Waals surface area contributed by atoms with E-state index in [1.165, 1.54) is 11.1 Å². The predicted octanol–water partition coefficient (Wildman–Crippen LogP) is 3.31. The van der Waals surface area contributed by atoms with Crippen LogP contribution in [0.25, 0.3) is 0 Å². The summed E-state index contributed by atoms with van der Waals surface area (Å²) in [6, 6.07) is 0. The first kappa shape index (κ1) is 12.4. The Balaban J connectivity index is 3.98. The molecule has 0 unspecified atom stereocenters. The van der Waals surface area contributed by atoms with Crippen LogP contribution >= 0.6 is 0 Å². The van der Waals surface area contributed by atoms with E-state index in [-0.39, 0.29) is 6.61 Å². The van der Waals surface area contributed by atoms with Gasteiger partial charge in [0.1, 0.15) is 0 Å². The average Bonchev–Trinajstić information content (AvgIpc) is 2.02. The third-order valence-electron chi connectivity index (χ3n) is 2.08. The van der Waals surface area contributed by atoms with Gasteiger partial charge in [-0.3, -0.25) is 0 Å². The number of aliphatic hydroxyl groups is 1. The molecule has 0 bridgehead atoms. The normalized spacial score (nSPS) is 12.0. The van der Waals surface area contributed by atoms with Crippen molar-refractivity contribution in [2.75, 3.05) is 6.61 Å². The van der Waals surface area contributed by atoms with E-state index in [1.807, 2.05) is 6.08 Å². The maximum Gasteiger partial charge on any atom is 0.0615 e. The fourth-order valence-electron chi connectivity index (χ4n) is 1.27. The van der Waals surface area contributed by atoms with E-state index in [2.05, 4.69) is 33.8 Å². The van der Waals surface area contributed by atoms with Gasteiger partial charge in [0.25, 0.3) is 0 Å². The third kappa shape index (κ3) is 6.59. The first-order valence-electron chi connectivity index (χ1n) is 5.01. The number of rotatable bonds is 5. The molecule has 0 aliphatic rings. The second-order valence-electron chi connectivity index (χ2n) is 3.94. The largest absolute Gasteiger partial charge is 0.392 e. The highest BCUT2D eigenvalue weighted by atomic mass is 16.2. The van der Waals surface area contributed by atoms with Crippen LogP contribution in [0.1, 0.15) is 40.5 Å². The van der Waals surface area contributed by atoms with Crippen molar-refractivity contribution >= 4 is 0 Å². The number of aliphatic hydroxyl groups excluding tert-OH is 1. The molecule has 0 heterocycles. The summed E-state index contributed by atoms with van der Waals surface area (Å²) in [4.78, 5) is 0. The van der Waals surface area contributed by atoms with E-state index in [1.54, 1.807) is 0 Å². The first-order valence-corrected chi connectivity index (χ1v) is 5.01. The maximum atomic E-state index is 8.80. The molecule has 0 aromatic rings. The minimum absolute atomic E-state index is 0.169. The van der Waals surface area contributed by atoms with Crippen molar-refractivity contribution in [3.8, 4) is 0 Å². The van der Waals surface area contributed by atoms with Crippen LogP contribution in [0.3, 0.4) is 0 Å². The summed E-state index contributed by atoms with van der Waals surface area (Å²) < 4.78 is 0. The zero-order chi connectivity index (χ0) is 10.3. The van der Waals surface area contributed by atoms with Crippen LogP contribution in [0.2, 0.25) is 0 Å². The molecule has 0 atom stereocenters. The Morgan fingerprint density at radius 3 is 2.23 bits per heavy atom. The highest BCUT2D eigenvalue weighted by Crippen LogP contribution is 2.16. The fourth-order valence-corrected chi connectivity index (χ4v) is 1.27. The summed E-state index contributed by atoms with van der Waals surface area (Å²) in [5.74, 6) is 0.553. The Labute approximate surface area is 82.2 Å². The summed E-state index contributed by atoms with van der Waals surface area (Å²) in [6.45, 7) is 8.74. The molecule has 0 fully saturated rings. The van der Waals surface area contributed by atoms with Crippen molar-refractivity contribution in [1.29, 1.82) is 0 Å². The van der Waals surface area contributed by atoms with Gasteiger partial charge < -0.3 is 5.11 Å². The molecular formula is C12H22O. The Morgan fingerprint density at radius 2 is 1.85 bits per heavy atom. The lowest BCUT2D eigenvalue weighted by molar-refractivity contribution is 0.340. The van der Waals surface area contributed by atoms with Gasteiger partial charge in [-0.15, -0.1) is 0 Å². The monoisotopic (exact) mass is 182 g/mol. The van der Waals surface area contributed by atoms with Crippen molar-refractivity contribution in [3.63, 3.8) is 0 Å². The topological polar surface area (TPSA) is 20.2 Å². The molecule has 0 aliphatic heterocycles. The van der Waals surface area contributed by atoms with E-state index >= 15 is 0 Å². The maximum absolute atomic E-state index is 8.80. The summed E-state index contributed by atoms with van der Waals surface area (Å²) in [6.07, 6.45) is 6.34. The number of hydrogen-bond donors (Lipinski definition) is 1. The zero-order valence-electron chi connectivity index (χ0n) is 9.30. The third-order valence-corrected chi connectivity index (χ3v) is 2.08. The molecular weight excluding hydrogens is 160 g/mol. The quantitative estimate of drug-likeness (QED) is 0.647. The van der Waals surface area contributed by atoms with Crippen LogP contribution in [0.4, 0.5) is 0 Å². The first-order chi connectivity index (χ1) is 6.07. The smallest absolute Gasteiger partial charge is 0.0615 e. The lowest BCUT2D eigenvalue weighted by atomic mass is 9.98. The molecule has 0 aromatic carbocycles. The molecule has 0 saturated heterocycles. The van der Waals surface area contributed by atoms with Gasteiger partial charge in [-0.05, 0) is 32.6 Å². The predicted molar refractivity (Wildman–Crippen MR) is 58.7 cm³/mol. The Morgan fingerprint density at radius 1 is 1.23 bits per heavy atom. The van der Waals surface area contributed by atoms with E-state index < -0.39 is 0 Å². The molecule has 76 valence electrons. The summed E-state index contributed by atoms with van der Waals surface area (Å²) >= 11 is 0. The van der Waals surface area contributed by atoms with Gasteiger partial charge in [0.2, 0.25) is 0 Å². The second kappa shape index (κ2) is 6.90. The molecule has 0 aliphatic carbocycles. The molecule has 1 heteroatoms. The van der Waals surface area contributed by atoms with E-state index in [4.69, 9.17) is 5.11 Å². The minimum atomic E-state index is 0.169. The van der Waals surface area contributed by atoms with Crippen LogP contribution in [0.15, 0.2) is 23.3 Å². The Hall–Kier alpha value is -0.560. The summed E-state index contributed by atoms with van der Waals surface area (Å²) in [5.41, 5.74) is 2.73. The Kier molecular flexibility index (Phi) is 6.61. The van der Waals surface area contributed by atoms with Crippen LogP contribution in [-0.4, -0.2) is 11.7 Å². The lowest BCUT2D eigenvalue weighted by Gasteiger charge is -2.09. The molecule has 0 saturated carbocycles. The molecule has 1 N–H and O–H groups in total. The zero-order valence-corrected chi connectivity index (χ0v) is 9.30. The summed E-state index contributed by atoms with van der Waals surface area (Å²) in [7, 11) is 0. The van der Waals surface area contributed by atoms with Crippen molar-refractivity contribution in [3.05, 3.63) is 23.3 Å². The highest BCUT2D eigenvalue weighted by molar-refractivity contribution is 5.07. The number of allylic oxidation sites excluding steroid dienone is 3. The summed E-state index contributed by atoms with van der Waals surface area (Å²) in [5, 5.41) is 8.80. The standard InChI is InChI=1S/C12H22O/c1-10(2)6-5-7-12(8-9-13)11(3)4/h6,8,11,13H,5,7,9H2,1-4H3/b12-8-. The molecule has 1 nitrogen and oxygen atoms in total.